The molecule has 5 rings (SSSR count). The van der Waals surface area contributed by atoms with Crippen molar-refractivity contribution >= 4 is 23.4 Å². The molecule has 1 aliphatic carbocycles. The first-order chi connectivity index (χ1) is 17.4. The third kappa shape index (κ3) is 4.91. The summed E-state index contributed by atoms with van der Waals surface area (Å²) in [5.41, 5.74) is 3.50. The van der Waals surface area contributed by atoms with Gasteiger partial charge in [0.1, 0.15) is 18.1 Å². The van der Waals surface area contributed by atoms with Gasteiger partial charge in [-0.15, -0.1) is 0 Å². The molecule has 8 nitrogen and oxygen atoms in total. The first-order valence-corrected chi connectivity index (χ1v) is 12.6. The number of ether oxygens (including phenoxy) is 1. The Morgan fingerprint density at radius 1 is 0.944 bits per heavy atom. The van der Waals surface area contributed by atoms with Crippen LogP contribution in [0.1, 0.15) is 53.2 Å². The number of carbonyl (C=O) groups excluding carboxylic acids is 4. The Balaban J connectivity index is 1.20. The van der Waals surface area contributed by atoms with Gasteiger partial charge in [0, 0.05) is 43.7 Å². The minimum Gasteiger partial charge on any atom is -0.489 e. The Bertz CT molecular complexity index is 1190. The third-order valence-corrected chi connectivity index (χ3v) is 7.37. The fourth-order valence-corrected chi connectivity index (χ4v) is 5.29. The van der Waals surface area contributed by atoms with E-state index in [2.05, 4.69) is 17.0 Å². The third-order valence-electron chi connectivity index (χ3n) is 7.37. The summed E-state index contributed by atoms with van der Waals surface area (Å²) < 4.78 is 6.11. The topological polar surface area (TPSA) is 87.2 Å². The Hall–Kier alpha value is -3.52. The highest BCUT2D eigenvalue weighted by Crippen LogP contribution is 2.34. The van der Waals surface area contributed by atoms with Crippen LogP contribution in [0.2, 0.25) is 0 Å². The van der Waals surface area contributed by atoms with E-state index in [1.165, 1.54) is 0 Å². The van der Waals surface area contributed by atoms with E-state index >= 15 is 0 Å². The molecule has 0 aromatic heterocycles. The van der Waals surface area contributed by atoms with Crippen LogP contribution in [0.4, 0.5) is 0 Å². The zero-order valence-electron chi connectivity index (χ0n) is 20.6. The number of ketones is 2. The van der Waals surface area contributed by atoms with Crippen molar-refractivity contribution in [3.8, 4) is 5.75 Å². The lowest BCUT2D eigenvalue weighted by Crippen LogP contribution is -2.49. The maximum absolute atomic E-state index is 13.0. The number of rotatable bonds is 7. The highest BCUT2D eigenvalue weighted by Gasteiger charge is 2.40. The minimum absolute atomic E-state index is 0.0528. The Kier molecular flexibility index (Phi) is 6.87. The monoisotopic (exact) mass is 489 g/mol. The van der Waals surface area contributed by atoms with Crippen molar-refractivity contribution < 1.29 is 23.9 Å². The second-order valence-electron chi connectivity index (χ2n) is 9.74. The lowest BCUT2D eigenvalue weighted by atomic mass is 9.92. The number of nitrogens with zero attached hydrogens (tertiary/aromatic N) is 3. The van der Waals surface area contributed by atoms with Gasteiger partial charge in [-0.05, 0) is 36.6 Å². The molecule has 1 saturated carbocycles. The lowest BCUT2D eigenvalue weighted by molar-refractivity contribution is -0.136. The highest BCUT2D eigenvalue weighted by atomic mass is 16.5. The molecule has 0 bridgehead atoms. The molecule has 188 valence electrons. The molecule has 0 radical (unpaired) electrons. The highest BCUT2D eigenvalue weighted by molar-refractivity contribution is 6.07. The average molecular weight is 490 g/mol. The molecule has 2 heterocycles. The predicted molar refractivity (Wildman–Crippen MR) is 132 cm³/mol. The van der Waals surface area contributed by atoms with Gasteiger partial charge in [0.15, 0.2) is 5.78 Å². The largest absolute Gasteiger partial charge is 0.489 e. The van der Waals surface area contributed by atoms with Crippen LogP contribution >= 0.6 is 0 Å². The zero-order chi connectivity index (χ0) is 25.2. The van der Waals surface area contributed by atoms with Crippen LogP contribution in [0.3, 0.4) is 0 Å². The van der Waals surface area contributed by atoms with E-state index in [-0.39, 0.29) is 29.8 Å². The van der Waals surface area contributed by atoms with Crippen LogP contribution in [0.25, 0.3) is 0 Å². The molecule has 3 aliphatic rings. The molecule has 36 heavy (non-hydrogen) atoms. The van der Waals surface area contributed by atoms with E-state index < -0.39 is 6.04 Å². The number of piperazine rings is 1. The van der Waals surface area contributed by atoms with Gasteiger partial charge in [0.2, 0.25) is 5.91 Å². The van der Waals surface area contributed by atoms with E-state index in [1.807, 2.05) is 30.0 Å². The van der Waals surface area contributed by atoms with Gasteiger partial charge < -0.3 is 14.5 Å². The Morgan fingerprint density at radius 3 is 2.44 bits per heavy atom. The molecular formula is C28H31N3O5. The number of carbonyl (C=O) groups is 4. The van der Waals surface area contributed by atoms with E-state index in [4.69, 9.17) is 4.74 Å². The van der Waals surface area contributed by atoms with Gasteiger partial charge in [0.05, 0.1) is 25.6 Å². The number of hydrogen-bond donors (Lipinski definition) is 0. The van der Waals surface area contributed by atoms with Gasteiger partial charge in [-0.3, -0.25) is 24.1 Å². The summed E-state index contributed by atoms with van der Waals surface area (Å²) in [6, 6.07) is 13.0. The first-order valence-electron chi connectivity index (χ1n) is 12.6. The van der Waals surface area contributed by atoms with Crippen molar-refractivity contribution in [1.82, 2.24) is 14.7 Å². The summed E-state index contributed by atoms with van der Waals surface area (Å²) in [6.07, 6.45) is 0.638. The molecule has 8 heteroatoms. The SMILES string of the molecule is CCN1CCN(Cc2ccc(COc3cccc4c3CN(C3CCC(=O)CC3=O)C4=O)cc2)CC1=O. The maximum Gasteiger partial charge on any atom is 0.255 e. The van der Waals surface area contributed by atoms with Crippen LogP contribution in [0.15, 0.2) is 42.5 Å². The fraction of sp³-hybridized carbons (Fsp3) is 0.429. The number of fused-ring (bicyclic) bond motifs is 1. The van der Waals surface area contributed by atoms with E-state index in [0.29, 0.717) is 43.9 Å². The van der Waals surface area contributed by atoms with Crippen LogP contribution in [0.5, 0.6) is 5.75 Å². The molecule has 2 aromatic rings. The number of Topliss-reactive ketones (excluding diaryl/α,β-unsaturated/α-hetero) is 2. The van der Waals surface area contributed by atoms with Crippen molar-refractivity contribution in [3.05, 3.63) is 64.7 Å². The normalized spacial score (nSPS) is 20.8. The van der Waals surface area contributed by atoms with E-state index in [9.17, 15) is 19.2 Å². The average Bonchev–Trinajstić information content (AvgIpc) is 3.20. The summed E-state index contributed by atoms with van der Waals surface area (Å²) >= 11 is 0. The standard InChI is InChI=1S/C28H31N3O5/c1-2-30-13-12-29(17-27(30)34)15-19-6-8-20(9-7-19)18-36-26-5-3-4-22-23(26)16-31(28(22)35)24-11-10-21(32)14-25(24)33/h3-9,24H,2,10-18H2,1H3. The van der Waals surface area contributed by atoms with Gasteiger partial charge in [-0.25, -0.2) is 0 Å². The van der Waals surface area contributed by atoms with E-state index in [0.717, 1.165) is 42.9 Å². The molecule has 2 amide bonds. The van der Waals surface area contributed by atoms with E-state index in [1.54, 1.807) is 17.0 Å². The minimum atomic E-state index is -0.539. The predicted octanol–water partition coefficient (Wildman–Crippen LogP) is 2.58. The van der Waals surface area contributed by atoms with Gasteiger partial charge in [-0.2, -0.15) is 0 Å². The molecule has 2 aliphatic heterocycles. The van der Waals surface area contributed by atoms with Gasteiger partial charge in [-0.1, -0.05) is 30.3 Å². The Labute approximate surface area is 210 Å². The molecule has 1 atom stereocenters. The van der Waals surface area contributed by atoms with Crippen LogP contribution in [0, 0.1) is 0 Å². The summed E-state index contributed by atoms with van der Waals surface area (Å²) in [4.78, 5) is 54.8. The number of amides is 2. The zero-order valence-corrected chi connectivity index (χ0v) is 20.6. The quantitative estimate of drug-likeness (QED) is 0.556. The molecular weight excluding hydrogens is 458 g/mol. The second kappa shape index (κ2) is 10.2. The maximum atomic E-state index is 13.0. The van der Waals surface area contributed by atoms with Gasteiger partial charge in [0.25, 0.3) is 5.91 Å². The van der Waals surface area contributed by atoms with Gasteiger partial charge >= 0.3 is 0 Å². The summed E-state index contributed by atoms with van der Waals surface area (Å²) in [7, 11) is 0. The van der Waals surface area contributed by atoms with Crippen LogP contribution in [-0.2, 0) is 34.1 Å². The van der Waals surface area contributed by atoms with Crippen LogP contribution < -0.4 is 4.74 Å². The molecule has 2 fully saturated rings. The number of hydrogen-bond acceptors (Lipinski definition) is 6. The molecule has 0 N–H and O–H groups in total. The van der Waals surface area contributed by atoms with Crippen molar-refractivity contribution in [1.29, 1.82) is 0 Å². The molecule has 0 spiro atoms. The molecule has 1 unspecified atom stereocenters. The number of likely N-dealkylation sites (N-methyl/N-ethyl adjacent to an activating group) is 1. The summed E-state index contributed by atoms with van der Waals surface area (Å²) in [5.74, 6) is 0.418. The van der Waals surface area contributed by atoms with Crippen LogP contribution in [-0.4, -0.2) is 70.3 Å². The Morgan fingerprint density at radius 2 is 1.72 bits per heavy atom. The lowest BCUT2D eigenvalue weighted by Gasteiger charge is -2.33. The van der Waals surface area contributed by atoms with Crippen molar-refractivity contribution in [2.24, 2.45) is 0 Å². The van der Waals surface area contributed by atoms with Crippen molar-refractivity contribution in [2.45, 2.75) is 51.9 Å². The molecule has 1 saturated heterocycles. The molecule has 2 aromatic carbocycles. The number of benzene rings is 2. The van der Waals surface area contributed by atoms with Crippen molar-refractivity contribution in [2.75, 3.05) is 26.2 Å². The summed E-state index contributed by atoms with van der Waals surface area (Å²) in [6.45, 7) is 6.28. The first kappa shape index (κ1) is 24.2. The second-order valence-corrected chi connectivity index (χ2v) is 9.74. The smallest absolute Gasteiger partial charge is 0.255 e. The summed E-state index contributed by atoms with van der Waals surface area (Å²) in [5, 5.41) is 0. The van der Waals surface area contributed by atoms with Crippen molar-refractivity contribution in [3.63, 3.8) is 0 Å². The fourth-order valence-electron chi connectivity index (χ4n) is 5.29.